The van der Waals surface area contributed by atoms with Crippen LogP contribution < -0.4 is 4.74 Å². The minimum atomic E-state index is -1.28. The van der Waals surface area contributed by atoms with Gasteiger partial charge in [-0.15, -0.1) is 0 Å². The summed E-state index contributed by atoms with van der Waals surface area (Å²) in [6.45, 7) is 1.93. The zero-order valence-electron chi connectivity index (χ0n) is 10.4. The van der Waals surface area contributed by atoms with Gasteiger partial charge in [0.15, 0.2) is 0 Å². The molecule has 0 aliphatic heterocycles. The van der Waals surface area contributed by atoms with Gasteiger partial charge in [0.05, 0.1) is 5.56 Å². The molecular weight excluding hydrogens is 247 g/mol. The molecule has 4 heteroatoms. The van der Waals surface area contributed by atoms with Crippen LogP contribution in [0.25, 0.3) is 0 Å². The van der Waals surface area contributed by atoms with E-state index in [0.29, 0.717) is 5.75 Å². The molecule has 2 aromatic rings. The second kappa shape index (κ2) is 5.52. The number of carboxylic acid groups (broad SMARTS) is 1. The van der Waals surface area contributed by atoms with Gasteiger partial charge in [0.2, 0.25) is 0 Å². The summed E-state index contributed by atoms with van der Waals surface area (Å²) in [6, 6.07) is 11.6. The highest BCUT2D eigenvalue weighted by Crippen LogP contribution is 2.17. The Balaban J connectivity index is 2.16. The molecule has 0 aliphatic carbocycles. The van der Waals surface area contributed by atoms with E-state index in [4.69, 9.17) is 9.84 Å². The SMILES string of the molecule is Cc1cccc(OCc2cccc(C(=O)O)c2F)c1. The number of ether oxygens (including phenoxy) is 1. The Hall–Kier alpha value is -2.36. The Morgan fingerprint density at radius 2 is 2.00 bits per heavy atom. The van der Waals surface area contributed by atoms with Crippen molar-refractivity contribution in [3.05, 3.63) is 65.0 Å². The van der Waals surface area contributed by atoms with Crippen molar-refractivity contribution < 1.29 is 19.0 Å². The molecular formula is C15H13FO3. The van der Waals surface area contributed by atoms with E-state index >= 15 is 0 Å². The van der Waals surface area contributed by atoms with Gasteiger partial charge in [-0.1, -0.05) is 24.3 Å². The molecule has 0 bridgehead atoms. The Kier molecular flexibility index (Phi) is 3.80. The first kappa shape index (κ1) is 13.1. The number of rotatable bonds is 4. The molecule has 0 saturated heterocycles. The summed E-state index contributed by atoms with van der Waals surface area (Å²) < 4.78 is 19.3. The van der Waals surface area contributed by atoms with Crippen molar-refractivity contribution in [3.63, 3.8) is 0 Å². The normalized spacial score (nSPS) is 10.2. The lowest BCUT2D eigenvalue weighted by molar-refractivity contribution is 0.0691. The minimum absolute atomic E-state index is 0.00356. The second-order valence-corrected chi connectivity index (χ2v) is 4.19. The first-order valence-corrected chi connectivity index (χ1v) is 5.78. The van der Waals surface area contributed by atoms with Gasteiger partial charge in [-0.3, -0.25) is 0 Å². The number of carboxylic acids is 1. The van der Waals surface area contributed by atoms with Gasteiger partial charge >= 0.3 is 5.97 Å². The lowest BCUT2D eigenvalue weighted by Gasteiger charge is -2.09. The Bertz CT molecular complexity index is 608. The molecule has 0 unspecified atom stereocenters. The number of carbonyl (C=O) groups is 1. The lowest BCUT2D eigenvalue weighted by Crippen LogP contribution is -2.06. The highest BCUT2D eigenvalue weighted by molar-refractivity contribution is 5.88. The molecule has 2 aromatic carbocycles. The number of halogens is 1. The fourth-order valence-corrected chi connectivity index (χ4v) is 1.72. The number of aryl methyl sites for hydroxylation is 1. The van der Waals surface area contributed by atoms with Gasteiger partial charge in [-0.25, -0.2) is 9.18 Å². The van der Waals surface area contributed by atoms with Crippen LogP contribution in [0.1, 0.15) is 21.5 Å². The number of aromatic carboxylic acids is 1. The fraction of sp³-hybridized carbons (Fsp3) is 0.133. The maximum atomic E-state index is 13.8. The summed E-state index contributed by atoms with van der Waals surface area (Å²) in [5.41, 5.74) is 0.920. The summed E-state index contributed by atoms with van der Waals surface area (Å²) in [4.78, 5) is 10.8. The van der Waals surface area contributed by atoms with Crippen molar-refractivity contribution in [3.8, 4) is 5.75 Å². The largest absolute Gasteiger partial charge is 0.489 e. The van der Waals surface area contributed by atoms with Crippen molar-refractivity contribution in [1.29, 1.82) is 0 Å². The van der Waals surface area contributed by atoms with E-state index in [0.717, 1.165) is 5.56 Å². The molecule has 1 N–H and O–H groups in total. The van der Waals surface area contributed by atoms with Crippen LogP contribution in [0.4, 0.5) is 4.39 Å². The van der Waals surface area contributed by atoms with E-state index < -0.39 is 11.8 Å². The van der Waals surface area contributed by atoms with E-state index in [9.17, 15) is 9.18 Å². The predicted molar refractivity (Wildman–Crippen MR) is 68.9 cm³/mol. The van der Waals surface area contributed by atoms with E-state index in [1.54, 1.807) is 6.07 Å². The van der Waals surface area contributed by atoms with E-state index in [2.05, 4.69) is 0 Å². The van der Waals surface area contributed by atoms with Crippen LogP contribution in [0.5, 0.6) is 5.75 Å². The van der Waals surface area contributed by atoms with E-state index in [1.165, 1.54) is 18.2 Å². The topological polar surface area (TPSA) is 46.5 Å². The maximum absolute atomic E-state index is 13.8. The van der Waals surface area contributed by atoms with Crippen LogP contribution in [-0.2, 0) is 6.61 Å². The molecule has 0 saturated carbocycles. The van der Waals surface area contributed by atoms with Crippen LogP contribution in [0.15, 0.2) is 42.5 Å². The lowest BCUT2D eigenvalue weighted by atomic mass is 10.1. The van der Waals surface area contributed by atoms with Crippen molar-refractivity contribution in [2.24, 2.45) is 0 Å². The average Bonchev–Trinajstić information content (AvgIpc) is 2.37. The van der Waals surface area contributed by atoms with Crippen LogP contribution in [-0.4, -0.2) is 11.1 Å². The Morgan fingerprint density at radius 1 is 1.26 bits per heavy atom. The van der Waals surface area contributed by atoms with Crippen LogP contribution in [0.3, 0.4) is 0 Å². The highest BCUT2D eigenvalue weighted by atomic mass is 19.1. The molecule has 0 aliphatic rings. The first-order valence-electron chi connectivity index (χ1n) is 5.78. The molecule has 3 nitrogen and oxygen atoms in total. The van der Waals surface area contributed by atoms with Crippen molar-refractivity contribution in [2.75, 3.05) is 0 Å². The summed E-state index contributed by atoms with van der Waals surface area (Å²) in [5, 5.41) is 8.83. The molecule has 2 rings (SSSR count). The highest BCUT2D eigenvalue weighted by Gasteiger charge is 2.13. The number of benzene rings is 2. The van der Waals surface area contributed by atoms with E-state index in [-0.39, 0.29) is 17.7 Å². The molecule has 0 aromatic heterocycles. The molecule has 0 atom stereocenters. The van der Waals surface area contributed by atoms with Crippen molar-refractivity contribution in [1.82, 2.24) is 0 Å². The summed E-state index contributed by atoms with van der Waals surface area (Å²) >= 11 is 0. The predicted octanol–water partition coefficient (Wildman–Crippen LogP) is 3.41. The third-order valence-electron chi connectivity index (χ3n) is 2.69. The minimum Gasteiger partial charge on any atom is -0.489 e. The van der Waals surface area contributed by atoms with Crippen LogP contribution >= 0.6 is 0 Å². The molecule has 19 heavy (non-hydrogen) atoms. The monoisotopic (exact) mass is 260 g/mol. The molecule has 0 spiro atoms. The smallest absolute Gasteiger partial charge is 0.338 e. The summed E-state index contributed by atoms with van der Waals surface area (Å²) in [5.74, 6) is -1.40. The van der Waals surface area contributed by atoms with Crippen LogP contribution in [0.2, 0.25) is 0 Å². The third-order valence-corrected chi connectivity index (χ3v) is 2.69. The second-order valence-electron chi connectivity index (χ2n) is 4.19. The van der Waals surface area contributed by atoms with Crippen molar-refractivity contribution >= 4 is 5.97 Å². The average molecular weight is 260 g/mol. The third kappa shape index (κ3) is 3.10. The zero-order valence-corrected chi connectivity index (χ0v) is 10.4. The van der Waals surface area contributed by atoms with Gasteiger partial charge < -0.3 is 9.84 Å². The van der Waals surface area contributed by atoms with E-state index in [1.807, 2.05) is 25.1 Å². The number of hydrogen-bond acceptors (Lipinski definition) is 2. The maximum Gasteiger partial charge on any atom is 0.338 e. The van der Waals surface area contributed by atoms with Gasteiger partial charge in [0.1, 0.15) is 18.2 Å². The summed E-state index contributed by atoms with van der Waals surface area (Å²) in [6.07, 6.45) is 0. The fourth-order valence-electron chi connectivity index (χ4n) is 1.72. The standard InChI is InChI=1S/C15H13FO3/c1-10-4-2-6-12(8-10)19-9-11-5-3-7-13(14(11)16)15(17)18/h2-8H,9H2,1H3,(H,17,18). The van der Waals surface area contributed by atoms with Gasteiger partial charge in [0.25, 0.3) is 0 Å². The summed E-state index contributed by atoms with van der Waals surface area (Å²) in [7, 11) is 0. The Labute approximate surface area is 110 Å². The quantitative estimate of drug-likeness (QED) is 0.916. The molecule has 0 heterocycles. The van der Waals surface area contributed by atoms with Gasteiger partial charge in [-0.05, 0) is 30.7 Å². The first-order chi connectivity index (χ1) is 9.08. The molecule has 0 radical (unpaired) electrons. The molecule has 0 amide bonds. The van der Waals surface area contributed by atoms with Gasteiger partial charge in [0, 0.05) is 5.56 Å². The Morgan fingerprint density at radius 3 is 2.68 bits per heavy atom. The zero-order chi connectivity index (χ0) is 13.8. The van der Waals surface area contributed by atoms with Crippen LogP contribution in [0, 0.1) is 12.7 Å². The number of hydrogen-bond donors (Lipinski definition) is 1. The molecule has 0 fully saturated rings. The molecule has 98 valence electrons. The van der Waals surface area contributed by atoms with Gasteiger partial charge in [-0.2, -0.15) is 0 Å². The van der Waals surface area contributed by atoms with Crippen molar-refractivity contribution in [2.45, 2.75) is 13.5 Å².